The minimum Gasteiger partial charge on any atom is -0.394 e. The maximum atomic E-state index is 12.8. The molecule has 1 aliphatic rings. The summed E-state index contributed by atoms with van der Waals surface area (Å²) in [6.07, 6.45) is 2.73. The smallest absolute Gasteiger partial charge is 0.318 e. The number of rotatable bonds is 3. The molecule has 6 heteroatoms. The van der Waals surface area contributed by atoms with Gasteiger partial charge in [-0.2, -0.15) is 5.10 Å². The number of aliphatic hydroxyl groups excluding tert-OH is 1. The van der Waals surface area contributed by atoms with Gasteiger partial charge in [-0.3, -0.25) is 4.68 Å². The second-order valence-electron chi connectivity index (χ2n) is 6.36. The molecule has 0 spiro atoms. The highest BCUT2D eigenvalue weighted by molar-refractivity contribution is 5.76. The van der Waals surface area contributed by atoms with Gasteiger partial charge < -0.3 is 15.3 Å². The van der Waals surface area contributed by atoms with E-state index in [0.29, 0.717) is 6.54 Å². The number of aliphatic hydroxyl groups is 1. The molecule has 0 saturated heterocycles. The molecule has 0 unspecified atom stereocenters. The van der Waals surface area contributed by atoms with E-state index in [1.165, 1.54) is 5.56 Å². The van der Waals surface area contributed by atoms with E-state index >= 15 is 0 Å². The number of hydrogen-bond donors (Lipinski definition) is 2. The van der Waals surface area contributed by atoms with Crippen molar-refractivity contribution in [1.82, 2.24) is 20.0 Å². The Labute approximate surface area is 142 Å². The van der Waals surface area contributed by atoms with Crippen molar-refractivity contribution in [2.45, 2.75) is 32.4 Å². The van der Waals surface area contributed by atoms with Crippen LogP contribution in [0.4, 0.5) is 4.79 Å². The second kappa shape index (κ2) is 6.65. The lowest BCUT2D eigenvalue weighted by Gasteiger charge is -2.37. The van der Waals surface area contributed by atoms with Gasteiger partial charge in [-0.05, 0) is 31.4 Å². The van der Waals surface area contributed by atoms with Gasteiger partial charge in [0.2, 0.25) is 0 Å². The Hall–Kier alpha value is -2.34. The fraction of sp³-hybridized carbons (Fsp3) is 0.444. The molecule has 3 rings (SSSR count). The van der Waals surface area contributed by atoms with Crippen LogP contribution in [0, 0.1) is 6.92 Å². The van der Waals surface area contributed by atoms with E-state index in [1.54, 1.807) is 9.58 Å². The van der Waals surface area contributed by atoms with Crippen LogP contribution in [0.1, 0.15) is 41.4 Å². The van der Waals surface area contributed by atoms with Crippen LogP contribution in [0.15, 0.2) is 30.5 Å². The minimum absolute atomic E-state index is 0.0786. The van der Waals surface area contributed by atoms with Crippen LogP contribution in [0.5, 0.6) is 0 Å². The molecule has 2 amide bonds. The molecule has 1 aromatic heterocycles. The Balaban J connectivity index is 1.76. The largest absolute Gasteiger partial charge is 0.394 e. The van der Waals surface area contributed by atoms with E-state index < -0.39 is 0 Å². The van der Waals surface area contributed by atoms with Gasteiger partial charge in [0.1, 0.15) is 0 Å². The molecule has 0 fully saturated rings. The highest BCUT2D eigenvalue weighted by Crippen LogP contribution is 2.29. The third-order valence-corrected chi connectivity index (χ3v) is 4.70. The topological polar surface area (TPSA) is 70.4 Å². The summed E-state index contributed by atoms with van der Waals surface area (Å²) in [5.41, 5.74) is 4.15. The molecule has 0 radical (unpaired) electrons. The molecule has 24 heavy (non-hydrogen) atoms. The lowest BCUT2D eigenvalue weighted by Crippen LogP contribution is -2.47. The predicted octanol–water partition coefficient (Wildman–Crippen LogP) is 2.09. The van der Waals surface area contributed by atoms with E-state index in [4.69, 9.17) is 0 Å². The quantitative estimate of drug-likeness (QED) is 0.906. The Morgan fingerprint density at radius 3 is 2.88 bits per heavy atom. The van der Waals surface area contributed by atoms with Gasteiger partial charge >= 0.3 is 6.03 Å². The third kappa shape index (κ3) is 3.01. The van der Waals surface area contributed by atoms with E-state index in [-0.39, 0.29) is 24.7 Å². The Kier molecular flexibility index (Phi) is 4.57. The SMILES string of the molecule is Cc1nn(C)cc1[C@@H](C)NC(=O)N1CCc2ccccc2[C@H]1CO. The average molecular weight is 328 g/mol. The molecule has 2 atom stereocenters. The summed E-state index contributed by atoms with van der Waals surface area (Å²) in [7, 11) is 1.87. The number of nitrogens with zero attached hydrogens (tertiary/aromatic N) is 3. The maximum Gasteiger partial charge on any atom is 0.318 e. The van der Waals surface area contributed by atoms with Crippen LogP contribution in [0.3, 0.4) is 0 Å². The molecule has 128 valence electrons. The van der Waals surface area contributed by atoms with Crippen molar-refractivity contribution >= 4 is 6.03 Å². The van der Waals surface area contributed by atoms with Crippen molar-refractivity contribution in [3.63, 3.8) is 0 Å². The lowest BCUT2D eigenvalue weighted by molar-refractivity contribution is 0.125. The summed E-state index contributed by atoms with van der Waals surface area (Å²) in [5.74, 6) is 0. The number of urea groups is 1. The van der Waals surface area contributed by atoms with Gasteiger partial charge in [-0.25, -0.2) is 4.79 Å². The molecule has 2 heterocycles. The van der Waals surface area contributed by atoms with Crippen LogP contribution >= 0.6 is 0 Å². The van der Waals surface area contributed by atoms with Crippen molar-refractivity contribution < 1.29 is 9.90 Å². The Morgan fingerprint density at radius 1 is 1.46 bits per heavy atom. The fourth-order valence-electron chi connectivity index (χ4n) is 3.48. The van der Waals surface area contributed by atoms with Gasteiger partial charge in [-0.1, -0.05) is 24.3 Å². The summed E-state index contributed by atoms with van der Waals surface area (Å²) < 4.78 is 1.75. The molecule has 2 N–H and O–H groups in total. The molecule has 0 bridgehead atoms. The maximum absolute atomic E-state index is 12.8. The molecule has 2 aromatic rings. The van der Waals surface area contributed by atoms with Gasteiger partial charge in [0.25, 0.3) is 0 Å². The van der Waals surface area contributed by atoms with Crippen LogP contribution in [-0.4, -0.2) is 39.0 Å². The Bertz CT molecular complexity index is 740. The van der Waals surface area contributed by atoms with Crippen molar-refractivity contribution in [3.8, 4) is 0 Å². The number of nitrogens with one attached hydrogen (secondary N) is 1. The van der Waals surface area contributed by atoms with Crippen LogP contribution in [-0.2, 0) is 13.5 Å². The third-order valence-electron chi connectivity index (χ3n) is 4.70. The van der Waals surface area contributed by atoms with E-state index in [2.05, 4.69) is 16.5 Å². The van der Waals surface area contributed by atoms with Crippen molar-refractivity contribution in [3.05, 3.63) is 52.8 Å². The van der Waals surface area contributed by atoms with Crippen molar-refractivity contribution in [2.75, 3.05) is 13.2 Å². The zero-order valence-corrected chi connectivity index (χ0v) is 14.4. The van der Waals surface area contributed by atoms with Crippen LogP contribution in [0.25, 0.3) is 0 Å². The van der Waals surface area contributed by atoms with Crippen LogP contribution < -0.4 is 5.32 Å². The summed E-state index contributed by atoms with van der Waals surface area (Å²) in [6, 6.07) is 7.42. The normalized spacial score (nSPS) is 18.2. The number of carbonyl (C=O) groups is 1. The minimum atomic E-state index is -0.294. The molecule has 0 saturated carbocycles. The molecule has 0 aliphatic carbocycles. The van der Waals surface area contributed by atoms with E-state index in [1.807, 2.05) is 45.3 Å². The average Bonchev–Trinajstić information content (AvgIpc) is 2.92. The number of carbonyl (C=O) groups excluding carboxylic acids is 1. The first kappa shape index (κ1) is 16.5. The molecule has 1 aliphatic heterocycles. The molecular formula is C18H24N4O2. The first-order chi connectivity index (χ1) is 11.5. The summed E-state index contributed by atoms with van der Waals surface area (Å²) in [4.78, 5) is 14.5. The number of aryl methyl sites for hydroxylation is 2. The highest BCUT2D eigenvalue weighted by Gasteiger charge is 2.31. The van der Waals surface area contributed by atoms with Crippen molar-refractivity contribution in [1.29, 1.82) is 0 Å². The molecular weight excluding hydrogens is 304 g/mol. The molecule has 6 nitrogen and oxygen atoms in total. The van der Waals surface area contributed by atoms with Crippen LogP contribution in [0.2, 0.25) is 0 Å². The predicted molar refractivity (Wildman–Crippen MR) is 91.6 cm³/mol. The summed E-state index contributed by atoms with van der Waals surface area (Å²) in [5, 5.41) is 17.2. The summed E-state index contributed by atoms with van der Waals surface area (Å²) >= 11 is 0. The summed E-state index contributed by atoms with van der Waals surface area (Å²) in [6.45, 7) is 4.41. The first-order valence-corrected chi connectivity index (χ1v) is 8.27. The number of hydrogen-bond acceptors (Lipinski definition) is 3. The Morgan fingerprint density at radius 2 is 2.21 bits per heavy atom. The molecule has 1 aromatic carbocycles. The number of amides is 2. The van der Waals surface area contributed by atoms with Gasteiger partial charge in [0.05, 0.1) is 24.4 Å². The zero-order valence-electron chi connectivity index (χ0n) is 14.4. The monoisotopic (exact) mass is 328 g/mol. The van der Waals surface area contributed by atoms with E-state index in [0.717, 1.165) is 23.2 Å². The second-order valence-corrected chi connectivity index (χ2v) is 6.36. The first-order valence-electron chi connectivity index (χ1n) is 8.27. The van der Waals surface area contributed by atoms with E-state index in [9.17, 15) is 9.90 Å². The van der Waals surface area contributed by atoms with Gasteiger partial charge in [-0.15, -0.1) is 0 Å². The standard InChI is InChI=1S/C18H24N4O2/c1-12(16-10-21(3)20-13(16)2)19-18(24)22-9-8-14-6-4-5-7-15(14)17(22)11-23/h4-7,10,12,17,23H,8-9,11H2,1-3H3,(H,19,24)/t12-,17-/m1/s1. The van der Waals surface area contributed by atoms with Gasteiger partial charge in [0, 0.05) is 25.4 Å². The van der Waals surface area contributed by atoms with Crippen molar-refractivity contribution in [2.24, 2.45) is 7.05 Å². The zero-order chi connectivity index (χ0) is 17.3. The number of fused-ring (bicyclic) bond motifs is 1. The highest BCUT2D eigenvalue weighted by atomic mass is 16.3. The van der Waals surface area contributed by atoms with Gasteiger partial charge in [0.15, 0.2) is 0 Å². The fourth-order valence-corrected chi connectivity index (χ4v) is 3.48. The lowest BCUT2D eigenvalue weighted by atomic mass is 9.93. The number of benzene rings is 1. The number of aromatic nitrogens is 2.